The van der Waals surface area contributed by atoms with Crippen molar-refractivity contribution in [3.63, 3.8) is 0 Å². The Morgan fingerprint density at radius 3 is 2.43 bits per heavy atom. The maximum absolute atomic E-state index is 9.25. The fourth-order valence-corrected chi connectivity index (χ4v) is 5.36. The van der Waals surface area contributed by atoms with Gasteiger partial charge in [-0.1, -0.05) is 54.1 Å². The lowest BCUT2D eigenvalue weighted by molar-refractivity contribution is 0.288. The van der Waals surface area contributed by atoms with Crippen LogP contribution in [-0.4, -0.2) is 33.7 Å². The summed E-state index contributed by atoms with van der Waals surface area (Å²) in [5, 5.41) is 12.7. The Bertz CT molecular complexity index is 607. The number of nitrogens with zero attached hydrogens (tertiary/aromatic N) is 2. The molecule has 21 heavy (non-hydrogen) atoms. The number of hydrogen-bond acceptors (Lipinski definition) is 6. The second kappa shape index (κ2) is 6.28. The summed E-state index contributed by atoms with van der Waals surface area (Å²) in [5.74, 6) is 0. The molecule has 1 heterocycles. The topological polar surface area (TPSA) is 35.8 Å². The maximum Gasteiger partial charge on any atom is 0.0599 e. The van der Waals surface area contributed by atoms with E-state index in [1.165, 1.54) is 5.56 Å². The summed E-state index contributed by atoms with van der Waals surface area (Å²) in [4.78, 5) is 2.36. The largest absolute Gasteiger partial charge is 0.411 e. The highest BCUT2D eigenvalue weighted by Crippen LogP contribution is 2.43. The molecular weight excluding hydrogens is 320 g/mol. The molecule has 1 saturated heterocycles. The first-order valence-electron chi connectivity index (χ1n) is 6.88. The molecule has 0 amide bonds. The standard InChI is InChI=1S/C15H21N2OS3/c1-12(16-18)14(2)10-17(11-15(14,3)21(19)20)9-13-7-5-4-6-8-13/h4-8,18H,9-11H2,1-3H3/q-1. The summed E-state index contributed by atoms with van der Waals surface area (Å²) in [6.45, 7) is 8.63. The van der Waals surface area contributed by atoms with Gasteiger partial charge in [-0.05, 0) is 19.0 Å². The van der Waals surface area contributed by atoms with E-state index in [9.17, 15) is 5.21 Å². The first kappa shape index (κ1) is 16.8. The van der Waals surface area contributed by atoms with Gasteiger partial charge in [0.25, 0.3) is 0 Å². The number of likely N-dealkylation sites (tertiary alicyclic amines) is 1. The summed E-state index contributed by atoms with van der Waals surface area (Å²) in [7, 11) is -0.594. The van der Waals surface area contributed by atoms with Crippen LogP contribution in [0.2, 0.25) is 0 Å². The SMILES string of the molecule is CC(=NO)C1(C)CN(Cc2ccccc2)CC1(C)[S-](=S)=S. The monoisotopic (exact) mass is 341 g/mol. The van der Waals surface area contributed by atoms with Crippen LogP contribution < -0.4 is 0 Å². The molecule has 2 unspecified atom stereocenters. The molecule has 6 heteroatoms. The average molecular weight is 342 g/mol. The minimum Gasteiger partial charge on any atom is -0.411 e. The van der Waals surface area contributed by atoms with E-state index in [2.05, 4.69) is 48.2 Å². The van der Waals surface area contributed by atoms with Crippen LogP contribution in [0.1, 0.15) is 26.3 Å². The van der Waals surface area contributed by atoms with Crippen molar-refractivity contribution in [2.24, 2.45) is 10.6 Å². The number of rotatable bonds is 4. The molecule has 3 nitrogen and oxygen atoms in total. The molecule has 0 aliphatic carbocycles. The van der Waals surface area contributed by atoms with Gasteiger partial charge in [0.1, 0.15) is 0 Å². The summed E-state index contributed by atoms with van der Waals surface area (Å²) in [6.07, 6.45) is 0. The van der Waals surface area contributed by atoms with Crippen molar-refractivity contribution in [1.82, 2.24) is 4.90 Å². The first-order chi connectivity index (χ1) is 9.83. The third-order valence-corrected chi connectivity index (χ3v) is 8.32. The molecule has 0 radical (unpaired) electrons. The number of hydrogen-bond donors (Lipinski definition) is 1. The van der Waals surface area contributed by atoms with E-state index in [0.29, 0.717) is 5.71 Å². The Hall–Kier alpha value is -0.560. The first-order valence-corrected chi connectivity index (χ1v) is 9.96. The second-order valence-corrected chi connectivity index (χ2v) is 10.1. The zero-order chi connectivity index (χ0) is 15.7. The smallest absolute Gasteiger partial charge is 0.0599 e. The molecule has 0 spiro atoms. The second-order valence-electron chi connectivity index (χ2n) is 6.11. The Labute approximate surface area is 137 Å². The highest BCUT2D eigenvalue weighted by atomic mass is 33.1. The predicted molar refractivity (Wildman–Crippen MR) is 95.2 cm³/mol. The Morgan fingerprint density at radius 1 is 1.29 bits per heavy atom. The van der Waals surface area contributed by atoms with E-state index in [0.717, 1.165) is 19.6 Å². The lowest BCUT2D eigenvalue weighted by atomic mass is 9.76. The van der Waals surface area contributed by atoms with Gasteiger partial charge < -0.3 is 13.2 Å². The van der Waals surface area contributed by atoms with Crippen LogP contribution in [0.25, 0.3) is 0 Å². The van der Waals surface area contributed by atoms with Gasteiger partial charge in [0.2, 0.25) is 0 Å². The molecule has 0 bridgehead atoms. The van der Waals surface area contributed by atoms with Gasteiger partial charge in [0.15, 0.2) is 0 Å². The highest BCUT2D eigenvalue weighted by Gasteiger charge is 2.49. The van der Waals surface area contributed by atoms with E-state index in [-0.39, 0.29) is 10.2 Å². The van der Waals surface area contributed by atoms with Crippen molar-refractivity contribution in [2.75, 3.05) is 13.1 Å². The van der Waals surface area contributed by atoms with Crippen molar-refractivity contribution < 1.29 is 5.21 Å². The van der Waals surface area contributed by atoms with Gasteiger partial charge in [-0.3, -0.25) is 27.3 Å². The lowest BCUT2D eigenvalue weighted by Gasteiger charge is -2.44. The molecule has 1 fully saturated rings. The van der Waals surface area contributed by atoms with Crippen LogP contribution in [0.4, 0.5) is 0 Å². The molecule has 0 aromatic heterocycles. The predicted octanol–water partition coefficient (Wildman–Crippen LogP) is 2.66. The molecule has 1 N–H and O–H groups in total. The maximum atomic E-state index is 9.25. The van der Waals surface area contributed by atoms with Gasteiger partial charge in [-0.25, -0.2) is 0 Å². The van der Waals surface area contributed by atoms with Crippen LogP contribution in [-0.2, 0) is 36.9 Å². The summed E-state index contributed by atoms with van der Waals surface area (Å²) in [6, 6.07) is 10.4. The molecular formula is C15H21N2OS3-. The molecule has 1 aromatic carbocycles. The van der Waals surface area contributed by atoms with Crippen molar-refractivity contribution in [2.45, 2.75) is 32.1 Å². The van der Waals surface area contributed by atoms with Crippen molar-refractivity contribution in [3.05, 3.63) is 35.9 Å². The van der Waals surface area contributed by atoms with Crippen molar-refractivity contribution in [1.29, 1.82) is 0 Å². The molecule has 2 atom stereocenters. The fraction of sp³-hybridized carbons (Fsp3) is 0.533. The number of oxime groups is 1. The van der Waals surface area contributed by atoms with Gasteiger partial charge >= 0.3 is 0 Å². The minimum atomic E-state index is -0.594. The molecule has 1 aliphatic rings. The highest BCUT2D eigenvalue weighted by molar-refractivity contribution is 8.47. The van der Waals surface area contributed by atoms with Crippen LogP contribution in [0.5, 0.6) is 0 Å². The van der Waals surface area contributed by atoms with Crippen molar-refractivity contribution in [3.8, 4) is 0 Å². The van der Waals surface area contributed by atoms with E-state index in [1.807, 2.05) is 13.0 Å². The fourth-order valence-electron chi connectivity index (χ4n) is 3.07. The van der Waals surface area contributed by atoms with Gasteiger partial charge in [-0.2, -0.15) is 0 Å². The summed E-state index contributed by atoms with van der Waals surface area (Å²) in [5.41, 5.74) is 1.70. The summed E-state index contributed by atoms with van der Waals surface area (Å²) >= 11 is 10.9. The van der Waals surface area contributed by atoms with E-state index < -0.39 is 8.01 Å². The normalized spacial score (nSPS) is 31.0. The quantitative estimate of drug-likeness (QED) is 0.395. The van der Waals surface area contributed by atoms with Crippen LogP contribution in [0.3, 0.4) is 0 Å². The molecule has 116 valence electrons. The van der Waals surface area contributed by atoms with E-state index in [1.54, 1.807) is 0 Å². The molecule has 2 rings (SSSR count). The zero-order valence-corrected chi connectivity index (χ0v) is 15.0. The minimum absolute atomic E-state index is 0.233. The Kier molecular flexibility index (Phi) is 5.03. The Balaban J connectivity index is 2.31. The van der Waals surface area contributed by atoms with E-state index in [4.69, 9.17) is 22.4 Å². The van der Waals surface area contributed by atoms with Gasteiger partial charge in [0, 0.05) is 18.5 Å². The lowest BCUT2D eigenvalue weighted by Crippen LogP contribution is -2.48. The van der Waals surface area contributed by atoms with Crippen LogP contribution >= 0.6 is 0 Å². The molecule has 1 aromatic rings. The van der Waals surface area contributed by atoms with Gasteiger partial charge in [0.05, 0.1) is 5.71 Å². The Morgan fingerprint density at radius 2 is 1.90 bits per heavy atom. The average Bonchev–Trinajstić information content (AvgIpc) is 2.72. The molecule has 0 saturated carbocycles. The van der Waals surface area contributed by atoms with Crippen LogP contribution in [0, 0.1) is 5.41 Å². The summed E-state index contributed by atoms with van der Waals surface area (Å²) < 4.78 is -0.233. The van der Waals surface area contributed by atoms with E-state index >= 15 is 0 Å². The van der Waals surface area contributed by atoms with Crippen molar-refractivity contribution >= 4 is 36.1 Å². The third-order valence-electron chi connectivity index (χ3n) is 4.80. The van der Waals surface area contributed by atoms with Crippen LogP contribution in [0.15, 0.2) is 35.5 Å². The van der Waals surface area contributed by atoms with Gasteiger partial charge in [-0.15, -0.1) is 0 Å². The number of benzene rings is 1. The molecule has 1 aliphatic heterocycles. The third kappa shape index (κ3) is 2.99. The zero-order valence-electron chi connectivity index (χ0n) is 12.6.